The fraction of sp³-hybridized carbons (Fsp3) is 0.458. The van der Waals surface area contributed by atoms with Crippen molar-refractivity contribution < 1.29 is 13.2 Å². The second-order valence-corrected chi connectivity index (χ2v) is 10.9. The van der Waals surface area contributed by atoms with Crippen molar-refractivity contribution in [1.82, 2.24) is 14.5 Å². The first kappa shape index (κ1) is 24.0. The van der Waals surface area contributed by atoms with Crippen molar-refractivity contribution in [3.05, 3.63) is 59.1 Å². The third-order valence-corrected chi connectivity index (χ3v) is 8.51. The van der Waals surface area contributed by atoms with Gasteiger partial charge in [0.2, 0.25) is 10.0 Å². The molecule has 2 aromatic rings. The molecule has 0 spiro atoms. The van der Waals surface area contributed by atoms with E-state index >= 15 is 0 Å². The first-order valence-electron chi connectivity index (χ1n) is 11.5. The van der Waals surface area contributed by atoms with Crippen LogP contribution in [-0.4, -0.2) is 75.9 Å². The number of rotatable bonds is 7. The third-order valence-electron chi connectivity index (χ3n) is 6.35. The largest absolute Gasteiger partial charge is 0.369 e. The highest BCUT2D eigenvalue weighted by Gasteiger charge is 2.26. The summed E-state index contributed by atoms with van der Waals surface area (Å²) in [5.41, 5.74) is 1.65. The van der Waals surface area contributed by atoms with Gasteiger partial charge in [0.25, 0.3) is 5.91 Å². The minimum atomic E-state index is -3.48. The smallest absolute Gasteiger partial charge is 0.251 e. The van der Waals surface area contributed by atoms with E-state index in [4.69, 9.17) is 11.6 Å². The lowest BCUT2D eigenvalue weighted by molar-refractivity contribution is 0.0947. The number of nitrogens with one attached hydrogen (secondary N) is 1. The van der Waals surface area contributed by atoms with Crippen LogP contribution < -0.4 is 10.2 Å². The van der Waals surface area contributed by atoms with Crippen LogP contribution in [0.15, 0.2) is 53.4 Å². The van der Waals surface area contributed by atoms with Gasteiger partial charge in [0.05, 0.1) is 4.90 Å². The van der Waals surface area contributed by atoms with Gasteiger partial charge >= 0.3 is 0 Å². The van der Waals surface area contributed by atoms with Crippen LogP contribution in [0.4, 0.5) is 5.69 Å². The molecule has 0 bridgehead atoms. The van der Waals surface area contributed by atoms with Crippen LogP contribution in [0.3, 0.4) is 0 Å². The molecule has 0 saturated carbocycles. The summed E-state index contributed by atoms with van der Waals surface area (Å²) in [5.74, 6) is -0.184. The molecule has 2 fully saturated rings. The molecular weight excluding hydrogens is 460 g/mol. The van der Waals surface area contributed by atoms with Crippen LogP contribution in [0.2, 0.25) is 5.02 Å². The number of halogens is 1. The lowest BCUT2D eigenvalue weighted by atomic mass is 10.2. The molecule has 4 rings (SSSR count). The molecule has 0 atom stereocenters. The van der Waals surface area contributed by atoms with Crippen LogP contribution >= 0.6 is 11.6 Å². The maximum atomic E-state index is 12.8. The highest BCUT2D eigenvalue weighted by molar-refractivity contribution is 7.89. The molecule has 2 saturated heterocycles. The Labute approximate surface area is 201 Å². The Balaban J connectivity index is 1.22. The Morgan fingerprint density at radius 2 is 1.48 bits per heavy atom. The van der Waals surface area contributed by atoms with Gasteiger partial charge in [-0.1, -0.05) is 18.0 Å². The minimum Gasteiger partial charge on any atom is -0.369 e. The zero-order chi connectivity index (χ0) is 23.3. The number of piperidine rings is 1. The monoisotopic (exact) mass is 490 g/mol. The Hall–Kier alpha value is -2.13. The van der Waals surface area contributed by atoms with Crippen molar-refractivity contribution in [1.29, 1.82) is 0 Å². The van der Waals surface area contributed by atoms with Gasteiger partial charge in [0.1, 0.15) is 0 Å². The molecule has 1 amide bonds. The number of hydrogen-bond acceptors (Lipinski definition) is 5. The summed E-state index contributed by atoms with van der Waals surface area (Å²) in [7, 11) is -3.48. The Morgan fingerprint density at radius 1 is 0.848 bits per heavy atom. The van der Waals surface area contributed by atoms with Gasteiger partial charge in [-0.2, -0.15) is 4.31 Å². The van der Waals surface area contributed by atoms with E-state index in [1.54, 1.807) is 12.1 Å². The second kappa shape index (κ2) is 10.9. The van der Waals surface area contributed by atoms with Crippen molar-refractivity contribution in [2.45, 2.75) is 24.2 Å². The first-order chi connectivity index (χ1) is 15.9. The van der Waals surface area contributed by atoms with Crippen LogP contribution in [0.25, 0.3) is 0 Å². The van der Waals surface area contributed by atoms with Crippen molar-refractivity contribution in [2.24, 2.45) is 0 Å². The number of nitrogens with zero attached hydrogens (tertiary/aromatic N) is 3. The fourth-order valence-electron chi connectivity index (χ4n) is 4.34. The fourth-order valence-corrected chi connectivity index (χ4v) is 5.99. The average molecular weight is 491 g/mol. The molecule has 178 valence electrons. The van der Waals surface area contributed by atoms with Crippen molar-refractivity contribution in [3.63, 3.8) is 0 Å². The molecule has 0 unspecified atom stereocenters. The predicted molar refractivity (Wildman–Crippen MR) is 131 cm³/mol. The predicted octanol–water partition coefficient (Wildman–Crippen LogP) is 3.07. The second-order valence-electron chi connectivity index (χ2n) is 8.55. The lowest BCUT2D eigenvalue weighted by Gasteiger charge is -2.36. The number of hydrogen-bond donors (Lipinski definition) is 1. The van der Waals surface area contributed by atoms with Gasteiger partial charge in [0.15, 0.2) is 0 Å². The Bertz CT molecular complexity index is 1030. The summed E-state index contributed by atoms with van der Waals surface area (Å²) in [6, 6.07) is 14.2. The van der Waals surface area contributed by atoms with Gasteiger partial charge in [0, 0.05) is 68.6 Å². The molecule has 2 aromatic carbocycles. The molecule has 1 N–H and O–H groups in total. The van der Waals surface area contributed by atoms with Gasteiger partial charge in [-0.15, -0.1) is 0 Å². The average Bonchev–Trinajstić information content (AvgIpc) is 2.85. The SMILES string of the molecule is O=C(NCCN1CCN(c2ccc(Cl)cc2)CC1)c1ccc(S(=O)(=O)N2CCCCC2)cc1. The van der Waals surface area contributed by atoms with E-state index < -0.39 is 10.0 Å². The normalized spacial score (nSPS) is 18.3. The van der Waals surface area contributed by atoms with E-state index in [0.29, 0.717) is 25.2 Å². The third kappa shape index (κ3) is 6.06. The summed E-state index contributed by atoms with van der Waals surface area (Å²) in [5, 5.41) is 3.69. The summed E-state index contributed by atoms with van der Waals surface area (Å²) >= 11 is 5.97. The zero-order valence-electron chi connectivity index (χ0n) is 18.7. The number of sulfonamides is 1. The lowest BCUT2D eigenvalue weighted by Crippen LogP contribution is -2.48. The highest BCUT2D eigenvalue weighted by Crippen LogP contribution is 2.21. The number of carbonyl (C=O) groups is 1. The van der Waals surface area contributed by atoms with Crippen LogP contribution in [0.5, 0.6) is 0 Å². The first-order valence-corrected chi connectivity index (χ1v) is 13.4. The minimum absolute atomic E-state index is 0.184. The van der Waals surface area contributed by atoms with E-state index in [2.05, 4.69) is 15.1 Å². The molecule has 2 aliphatic heterocycles. The molecule has 0 aliphatic carbocycles. The number of anilines is 1. The Morgan fingerprint density at radius 3 is 2.12 bits per heavy atom. The van der Waals surface area contributed by atoms with E-state index in [0.717, 1.165) is 57.0 Å². The van der Waals surface area contributed by atoms with Crippen LogP contribution in [-0.2, 0) is 10.0 Å². The topological polar surface area (TPSA) is 73.0 Å². The van der Waals surface area contributed by atoms with Gasteiger partial charge in [-0.3, -0.25) is 9.69 Å². The highest BCUT2D eigenvalue weighted by atomic mass is 35.5. The van der Waals surface area contributed by atoms with Crippen LogP contribution in [0.1, 0.15) is 29.6 Å². The number of piperazine rings is 1. The van der Waals surface area contributed by atoms with Crippen molar-refractivity contribution in [2.75, 3.05) is 57.3 Å². The summed E-state index contributed by atoms with van der Waals surface area (Å²) in [6.07, 6.45) is 2.87. The maximum absolute atomic E-state index is 12.8. The molecule has 0 aromatic heterocycles. The van der Waals surface area contributed by atoms with Gasteiger partial charge in [-0.05, 0) is 61.4 Å². The van der Waals surface area contributed by atoms with Gasteiger partial charge < -0.3 is 10.2 Å². The van der Waals surface area contributed by atoms with Crippen LogP contribution in [0, 0.1) is 0 Å². The van der Waals surface area contributed by atoms with Crippen molar-refractivity contribution in [3.8, 4) is 0 Å². The van der Waals surface area contributed by atoms with E-state index in [9.17, 15) is 13.2 Å². The summed E-state index contributed by atoms with van der Waals surface area (Å²) < 4.78 is 27.0. The Kier molecular flexibility index (Phi) is 7.90. The molecule has 7 nitrogen and oxygen atoms in total. The maximum Gasteiger partial charge on any atom is 0.251 e. The molecule has 33 heavy (non-hydrogen) atoms. The molecular formula is C24H31ClN4O3S. The van der Waals surface area contributed by atoms with E-state index in [1.807, 2.05) is 24.3 Å². The standard InChI is InChI=1S/C24H31ClN4O3S/c25-21-6-8-22(9-7-21)28-18-16-27(17-19-28)15-12-26-24(30)20-4-10-23(11-5-20)33(31,32)29-13-2-1-3-14-29/h4-11H,1-3,12-19H2,(H,26,30). The number of carbonyl (C=O) groups excluding carboxylic acids is 1. The molecule has 2 heterocycles. The zero-order valence-corrected chi connectivity index (χ0v) is 20.3. The summed E-state index contributed by atoms with van der Waals surface area (Å²) in [6.45, 7) is 6.19. The van der Waals surface area contributed by atoms with E-state index in [1.165, 1.54) is 22.1 Å². The van der Waals surface area contributed by atoms with E-state index in [-0.39, 0.29) is 10.8 Å². The van der Waals surface area contributed by atoms with Crippen molar-refractivity contribution >= 4 is 33.2 Å². The summed E-state index contributed by atoms with van der Waals surface area (Å²) in [4.78, 5) is 17.4. The number of amides is 1. The quantitative estimate of drug-likeness (QED) is 0.645. The molecule has 9 heteroatoms. The molecule has 2 aliphatic rings. The van der Waals surface area contributed by atoms with Gasteiger partial charge in [-0.25, -0.2) is 8.42 Å². The number of benzene rings is 2. The molecule has 0 radical (unpaired) electrons.